The molecular formula is C13H17N3O. The number of carbonyl (C=O) groups is 1. The SMILES string of the molecule is CC(C)C(=O)NCc1ccc(C2(C)N=N2)cc1. The fourth-order valence-corrected chi connectivity index (χ4v) is 1.52. The van der Waals surface area contributed by atoms with Gasteiger partial charge in [0.25, 0.3) is 0 Å². The lowest BCUT2D eigenvalue weighted by atomic mass is 10.0. The minimum Gasteiger partial charge on any atom is -0.352 e. The molecule has 0 fully saturated rings. The van der Waals surface area contributed by atoms with Gasteiger partial charge in [-0.2, -0.15) is 10.2 Å². The third kappa shape index (κ3) is 2.70. The number of nitrogens with one attached hydrogen (secondary N) is 1. The van der Waals surface area contributed by atoms with Crippen molar-refractivity contribution in [3.63, 3.8) is 0 Å². The number of hydrogen-bond acceptors (Lipinski definition) is 3. The molecule has 0 aliphatic carbocycles. The highest BCUT2D eigenvalue weighted by Gasteiger charge is 2.35. The van der Waals surface area contributed by atoms with Crippen LogP contribution in [0.4, 0.5) is 0 Å². The second-order valence-corrected chi connectivity index (χ2v) is 4.79. The van der Waals surface area contributed by atoms with E-state index in [9.17, 15) is 4.79 Å². The maximum atomic E-state index is 11.4. The Morgan fingerprint density at radius 3 is 2.35 bits per heavy atom. The van der Waals surface area contributed by atoms with Crippen molar-refractivity contribution in [2.45, 2.75) is 33.0 Å². The van der Waals surface area contributed by atoms with Crippen molar-refractivity contribution in [3.8, 4) is 0 Å². The van der Waals surface area contributed by atoms with E-state index >= 15 is 0 Å². The largest absolute Gasteiger partial charge is 0.352 e. The quantitative estimate of drug-likeness (QED) is 0.850. The smallest absolute Gasteiger partial charge is 0.222 e. The van der Waals surface area contributed by atoms with Gasteiger partial charge in [-0.1, -0.05) is 38.1 Å². The van der Waals surface area contributed by atoms with Gasteiger partial charge in [-0.15, -0.1) is 0 Å². The first-order valence-corrected chi connectivity index (χ1v) is 5.82. The average Bonchev–Trinajstić information content (AvgIpc) is 3.06. The van der Waals surface area contributed by atoms with Gasteiger partial charge in [0.1, 0.15) is 0 Å². The Bertz CT molecular complexity index is 442. The molecule has 0 saturated heterocycles. The van der Waals surface area contributed by atoms with Crippen molar-refractivity contribution in [3.05, 3.63) is 35.4 Å². The lowest BCUT2D eigenvalue weighted by Gasteiger charge is -2.09. The number of benzene rings is 1. The lowest BCUT2D eigenvalue weighted by molar-refractivity contribution is -0.124. The molecule has 0 radical (unpaired) electrons. The molecule has 1 N–H and O–H groups in total. The van der Waals surface area contributed by atoms with Crippen LogP contribution in [0.2, 0.25) is 0 Å². The van der Waals surface area contributed by atoms with Gasteiger partial charge in [0, 0.05) is 18.0 Å². The molecule has 1 aliphatic rings. The van der Waals surface area contributed by atoms with E-state index in [4.69, 9.17) is 0 Å². The van der Waals surface area contributed by atoms with Crippen LogP contribution >= 0.6 is 0 Å². The summed E-state index contributed by atoms with van der Waals surface area (Å²) in [4.78, 5) is 11.4. The Morgan fingerprint density at radius 1 is 1.29 bits per heavy atom. The molecule has 0 bridgehead atoms. The molecule has 1 amide bonds. The molecule has 1 heterocycles. The number of carbonyl (C=O) groups excluding carboxylic acids is 1. The van der Waals surface area contributed by atoms with Gasteiger partial charge in [-0.3, -0.25) is 4.79 Å². The average molecular weight is 231 g/mol. The zero-order chi connectivity index (χ0) is 12.5. The van der Waals surface area contributed by atoms with E-state index in [0.717, 1.165) is 11.1 Å². The van der Waals surface area contributed by atoms with Crippen LogP contribution in [0.3, 0.4) is 0 Å². The maximum absolute atomic E-state index is 11.4. The molecule has 90 valence electrons. The molecule has 0 atom stereocenters. The van der Waals surface area contributed by atoms with Crippen LogP contribution in [-0.2, 0) is 17.0 Å². The summed E-state index contributed by atoms with van der Waals surface area (Å²) in [5.74, 6) is 0.102. The van der Waals surface area contributed by atoms with Gasteiger partial charge in [0.2, 0.25) is 11.6 Å². The van der Waals surface area contributed by atoms with Crippen molar-refractivity contribution in [1.29, 1.82) is 0 Å². The van der Waals surface area contributed by atoms with Crippen LogP contribution in [0.25, 0.3) is 0 Å². The van der Waals surface area contributed by atoms with Crippen molar-refractivity contribution < 1.29 is 4.79 Å². The fourth-order valence-electron chi connectivity index (χ4n) is 1.52. The Morgan fingerprint density at radius 2 is 1.88 bits per heavy atom. The molecule has 0 aromatic heterocycles. The first-order chi connectivity index (χ1) is 8.01. The summed E-state index contributed by atoms with van der Waals surface area (Å²) >= 11 is 0. The molecule has 0 spiro atoms. The minimum atomic E-state index is -0.320. The van der Waals surface area contributed by atoms with Gasteiger partial charge in [0.15, 0.2) is 0 Å². The number of amides is 1. The van der Waals surface area contributed by atoms with Crippen LogP contribution in [0.1, 0.15) is 31.9 Å². The minimum absolute atomic E-state index is 0.0252. The Balaban J connectivity index is 1.92. The Kier molecular flexibility index (Phi) is 2.96. The van der Waals surface area contributed by atoms with Crippen LogP contribution in [-0.4, -0.2) is 5.91 Å². The van der Waals surface area contributed by atoms with E-state index in [1.165, 1.54) is 0 Å². The summed E-state index contributed by atoms with van der Waals surface area (Å²) in [7, 11) is 0. The standard InChI is InChI=1S/C13H17N3O/c1-9(2)12(17)14-8-10-4-6-11(7-5-10)13(3)15-16-13/h4-7,9H,8H2,1-3H3,(H,14,17). The van der Waals surface area contributed by atoms with E-state index < -0.39 is 0 Å². The van der Waals surface area contributed by atoms with E-state index in [0.29, 0.717) is 6.54 Å². The first kappa shape index (κ1) is 11.8. The molecule has 0 saturated carbocycles. The Hall–Kier alpha value is -1.71. The highest BCUT2D eigenvalue weighted by molar-refractivity contribution is 5.77. The van der Waals surface area contributed by atoms with Crippen molar-refractivity contribution in [2.24, 2.45) is 16.1 Å². The molecule has 1 aromatic rings. The van der Waals surface area contributed by atoms with Gasteiger partial charge in [-0.25, -0.2) is 0 Å². The maximum Gasteiger partial charge on any atom is 0.222 e. The monoisotopic (exact) mass is 231 g/mol. The highest BCUT2D eigenvalue weighted by atomic mass is 16.1. The van der Waals surface area contributed by atoms with Crippen molar-refractivity contribution in [1.82, 2.24) is 5.32 Å². The predicted molar refractivity (Wildman–Crippen MR) is 65.3 cm³/mol. The fraction of sp³-hybridized carbons (Fsp3) is 0.462. The number of hydrogen-bond donors (Lipinski definition) is 1. The molecule has 1 aromatic carbocycles. The van der Waals surface area contributed by atoms with E-state index in [1.807, 2.05) is 45.0 Å². The highest BCUT2D eigenvalue weighted by Crippen LogP contribution is 2.38. The second-order valence-electron chi connectivity index (χ2n) is 4.79. The number of rotatable bonds is 4. The summed E-state index contributed by atoms with van der Waals surface area (Å²) in [6, 6.07) is 8.03. The van der Waals surface area contributed by atoms with Crippen molar-refractivity contribution in [2.75, 3.05) is 0 Å². The predicted octanol–water partition coefficient (Wildman–Crippen LogP) is 2.60. The molecule has 2 rings (SSSR count). The normalized spacial score (nSPS) is 16.0. The third-order valence-corrected chi connectivity index (χ3v) is 2.89. The lowest BCUT2D eigenvalue weighted by Crippen LogP contribution is -2.27. The zero-order valence-electron chi connectivity index (χ0n) is 10.4. The topological polar surface area (TPSA) is 53.8 Å². The molecule has 17 heavy (non-hydrogen) atoms. The third-order valence-electron chi connectivity index (χ3n) is 2.89. The molecular weight excluding hydrogens is 214 g/mol. The summed E-state index contributed by atoms with van der Waals surface area (Å²) in [6.45, 7) is 6.32. The summed E-state index contributed by atoms with van der Waals surface area (Å²) in [5.41, 5.74) is 1.86. The van der Waals surface area contributed by atoms with E-state index in [2.05, 4.69) is 15.5 Å². The summed E-state index contributed by atoms with van der Waals surface area (Å²) < 4.78 is 0. The molecule has 4 nitrogen and oxygen atoms in total. The molecule has 0 unspecified atom stereocenters. The molecule has 4 heteroatoms. The first-order valence-electron chi connectivity index (χ1n) is 5.82. The summed E-state index contributed by atoms with van der Waals surface area (Å²) in [5, 5.41) is 10.9. The van der Waals surface area contributed by atoms with Crippen molar-refractivity contribution >= 4 is 5.91 Å². The van der Waals surface area contributed by atoms with Crippen LogP contribution in [0.5, 0.6) is 0 Å². The second kappa shape index (κ2) is 4.28. The van der Waals surface area contributed by atoms with Gasteiger partial charge < -0.3 is 5.32 Å². The van der Waals surface area contributed by atoms with Crippen LogP contribution in [0, 0.1) is 5.92 Å². The van der Waals surface area contributed by atoms with Gasteiger partial charge >= 0.3 is 0 Å². The Labute approximate surface area is 101 Å². The van der Waals surface area contributed by atoms with Gasteiger partial charge in [0.05, 0.1) is 0 Å². The van der Waals surface area contributed by atoms with Gasteiger partial charge in [-0.05, 0) is 12.5 Å². The zero-order valence-corrected chi connectivity index (χ0v) is 10.4. The van der Waals surface area contributed by atoms with E-state index in [-0.39, 0.29) is 17.5 Å². The van der Waals surface area contributed by atoms with E-state index in [1.54, 1.807) is 0 Å². The molecule has 1 aliphatic heterocycles. The van der Waals surface area contributed by atoms with Crippen LogP contribution < -0.4 is 5.32 Å². The summed E-state index contributed by atoms with van der Waals surface area (Å²) in [6.07, 6.45) is 0. The number of nitrogens with zero attached hydrogens (tertiary/aromatic N) is 2. The van der Waals surface area contributed by atoms with Crippen LogP contribution in [0.15, 0.2) is 34.5 Å².